The number of hydrogen-bond donors (Lipinski definition) is 0. The van der Waals surface area contributed by atoms with Crippen LogP contribution in [0.3, 0.4) is 0 Å². The number of halogens is 1. The lowest BCUT2D eigenvalue weighted by Gasteiger charge is -2.25. The van der Waals surface area contributed by atoms with E-state index in [1.54, 1.807) is 12.1 Å². The molecule has 1 heterocycles. The van der Waals surface area contributed by atoms with Crippen molar-refractivity contribution in [2.24, 2.45) is 0 Å². The van der Waals surface area contributed by atoms with E-state index in [-0.39, 0.29) is 24.2 Å². The van der Waals surface area contributed by atoms with Gasteiger partial charge in [-0.15, -0.1) is 0 Å². The van der Waals surface area contributed by atoms with Gasteiger partial charge >= 0.3 is 0 Å². The second kappa shape index (κ2) is 9.18. The van der Waals surface area contributed by atoms with Gasteiger partial charge in [0.15, 0.2) is 0 Å². The van der Waals surface area contributed by atoms with E-state index in [1.807, 2.05) is 73.3 Å². The molecule has 162 valence electrons. The zero-order chi connectivity index (χ0) is 22.7. The number of hydrogen-bond acceptors (Lipinski definition) is 3. The van der Waals surface area contributed by atoms with Gasteiger partial charge in [-0.2, -0.15) is 0 Å². The van der Waals surface area contributed by atoms with Crippen molar-refractivity contribution >= 4 is 17.4 Å². The van der Waals surface area contributed by atoms with Crippen molar-refractivity contribution in [2.75, 3.05) is 6.54 Å². The van der Waals surface area contributed by atoms with E-state index in [2.05, 4.69) is 0 Å². The molecule has 32 heavy (non-hydrogen) atoms. The number of likely N-dealkylation sites (N-methyl/N-ethyl adjacent to an activating group) is 1. The summed E-state index contributed by atoms with van der Waals surface area (Å²) in [4.78, 5) is 30.2. The number of rotatable bonds is 7. The largest absolute Gasteiger partial charge is 0.362 e. The summed E-state index contributed by atoms with van der Waals surface area (Å²) in [5.41, 5.74) is 4.25. The van der Waals surface area contributed by atoms with Gasteiger partial charge in [-0.3, -0.25) is 14.5 Å². The highest BCUT2D eigenvalue weighted by atomic mass is 19.1. The van der Waals surface area contributed by atoms with Crippen LogP contribution in [-0.2, 0) is 22.7 Å². The fourth-order valence-electron chi connectivity index (χ4n) is 3.91. The third-order valence-electron chi connectivity index (χ3n) is 5.65. The van der Waals surface area contributed by atoms with Gasteiger partial charge < -0.3 is 4.90 Å². The van der Waals surface area contributed by atoms with Gasteiger partial charge in [-0.1, -0.05) is 72.3 Å². The number of aryl methyl sites for hydroxylation is 1. The molecule has 0 radical (unpaired) electrons. The van der Waals surface area contributed by atoms with E-state index in [0.29, 0.717) is 29.9 Å². The molecule has 0 fully saturated rings. The molecule has 0 unspecified atom stereocenters. The van der Waals surface area contributed by atoms with Crippen LogP contribution in [0.15, 0.2) is 84.6 Å². The molecule has 0 saturated heterocycles. The highest BCUT2D eigenvalue weighted by molar-refractivity contribution is 6.35. The number of amides is 2. The van der Waals surface area contributed by atoms with Crippen LogP contribution in [0.5, 0.6) is 0 Å². The van der Waals surface area contributed by atoms with Crippen molar-refractivity contribution in [1.29, 1.82) is 0 Å². The fourth-order valence-corrected chi connectivity index (χ4v) is 3.91. The second-order valence-electron chi connectivity index (χ2n) is 7.91. The van der Waals surface area contributed by atoms with E-state index >= 15 is 0 Å². The maximum Gasteiger partial charge on any atom is 0.278 e. The van der Waals surface area contributed by atoms with Crippen LogP contribution in [0.4, 0.5) is 4.39 Å². The second-order valence-corrected chi connectivity index (χ2v) is 7.91. The van der Waals surface area contributed by atoms with E-state index in [1.165, 1.54) is 17.0 Å². The number of carbonyl (C=O) groups is 2. The van der Waals surface area contributed by atoms with Crippen molar-refractivity contribution in [1.82, 2.24) is 9.80 Å². The Hall–Kier alpha value is -3.73. The van der Waals surface area contributed by atoms with Crippen molar-refractivity contribution in [3.05, 3.63) is 113 Å². The molecule has 0 aromatic heterocycles. The van der Waals surface area contributed by atoms with Gasteiger partial charge in [0.1, 0.15) is 11.5 Å². The monoisotopic (exact) mass is 428 g/mol. The van der Waals surface area contributed by atoms with Gasteiger partial charge in [0.25, 0.3) is 11.8 Å². The van der Waals surface area contributed by atoms with E-state index < -0.39 is 0 Å². The lowest BCUT2D eigenvalue weighted by Crippen LogP contribution is -2.34. The number of imide groups is 1. The molecule has 0 saturated carbocycles. The van der Waals surface area contributed by atoms with Crippen LogP contribution in [0.2, 0.25) is 0 Å². The molecular weight excluding hydrogens is 403 g/mol. The van der Waals surface area contributed by atoms with Gasteiger partial charge in [0, 0.05) is 13.1 Å². The lowest BCUT2D eigenvalue weighted by atomic mass is 10.0. The van der Waals surface area contributed by atoms with Crippen molar-refractivity contribution < 1.29 is 14.0 Å². The molecule has 1 aliphatic heterocycles. The van der Waals surface area contributed by atoms with Crippen LogP contribution >= 0.6 is 0 Å². The molecule has 3 aromatic carbocycles. The van der Waals surface area contributed by atoms with Crippen molar-refractivity contribution in [3.63, 3.8) is 0 Å². The fraction of sp³-hybridized carbons (Fsp3) is 0.185. The molecule has 0 N–H and O–H groups in total. The third kappa shape index (κ3) is 4.33. The Morgan fingerprint density at radius 2 is 1.47 bits per heavy atom. The third-order valence-corrected chi connectivity index (χ3v) is 5.65. The average Bonchev–Trinajstić information content (AvgIpc) is 3.05. The van der Waals surface area contributed by atoms with Crippen molar-refractivity contribution in [2.45, 2.75) is 26.9 Å². The number of carbonyl (C=O) groups excluding carboxylic acids is 2. The predicted octanol–water partition coefficient (Wildman–Crippen LogP) is 4.94. The zero-order valence-electron chi connectivity index (χ0n) is 18.2. The summed E-state index contributed by atoms with van der Waals surface area (Å²) >= 11 is 0. The molecule has 0 atom stereocenters. The Labute approximate surface area is 187 Å². The molecule has 4 rings (SSSR count). The maximum absolute atomic E-state index is 13.6. The quantitative estimate of drug-likeness (QED) is 0.501. The smallest absolute Gasteiger partial charge is 0.278 e. The van der Waals surface area contributed by atoms with Crippen LogP contribution in [-0.4, -0.2) is 28.2 Å². The Morgan fingerprint density at radius 1 is 0.812 bits per heavy atom. The van der Waals surface area contributed by atoms with Crippen LogP contribution in [0.25, 0.3) is 5.57 Å². The summed E-state index contributed by atoms with van der Waals surface area (Å²) < 4.78 is 13.6. The molecule has 0 aliphatic carbocycles. The minimum absolute atomic E-state index is 0.190. The lowest BCUT2D eigenvalue weighted by molar-refractivity contribution is -0.138. The van der Waals surface area contributed by atoms with Crippen molar-refractivity contribution in [3.8, 4) is 0 Å². The standard InChI is InChI=1S/C27H25FN2O2/c1-3-29(17-20-7-5-4-6-8-20)25-24(22-13-15-23(28)16-14-22)26(31)30(27(25)32)18-21-11-9-19(2)10-12-21/h4-16H,3,17-18H2,1-2H3. The summed E-state index contributed by atoms with van der Waals surface area (Å²) in [6.07, 6.45) is 0. The van der Waals surface area contributed by atoms with Gasteiger partial charge in [0.05, 0.1) is 12.1 Å². The first-order valence-corrected chi connectivity index (χ1v) is 10.7. The molecule has 0 spiro atoms. The number of nitrogens with zero attached hydrogens (tertiary/aromatic N) is 2. The molecule has 2 amide bonds. The van der Waals surface area contributed by atoms with Crippen LogP contribution in [0.1, 0.15) is 29.2 Å². The van der Waals surface area contributed by atoms with Gasteiger partial charge in [0.2, 0.25) is 0 Å². The first-order chi connectivity index (χ1) is 15.5. The molecule has 0 bridgehead atoms. The summed E-state index contributed by atoms with van der Waals surface area (Å²) in [6.45, 7) is 5.18. The summed E-state index contributed by atoms with van der Waals surface area (Å²) in [7, 11) is 0. The maximum atomic E-state index is 13.6. The Kier molecular flexibility index (Phi) is 6.17. The van der Waals surface area contributed by atoms with Crippen LogP contribution in [0, 0.1) is 12.7 Å². The zero-order valence-corrected chi connectivity index (χ0v) is 18.2. The Morgan fingerprint density at radius 3 is 2.09 bits per heavy atom. The van der Waals surface area contributed by atoms with Gasteiger partial charge in [-0.25, -0.2) is 4.39 Å². The summed E-state index contributed by atoms with van der Waals surface area (Å²) in [5.74, 6) is -1.07. The van der Waals surface area contributed by atoms with Gasteiger partial charge in [-0.05, 0) is 42.7 Å². The van der Waals surface area contributed by atoms with E-state index in [4.69, 9.17) is 0 Å². The normalized spacial score (nSPS) is 13.8. The highest BCUT2D eigenvalue weighted by Gasteiger charge is 2.41. The first-order valence-electron chi connectivity index (χ1n) is 10.7. The molecular formula is C27H25FN2O2. The van der Waals surface area contributed by atoms with E-state index in [0.717, 1.165) is 16.7 Å². The van der Waals surface area contributed by atoms with E-state index in [9.17, 15) is 14.0 Å². The first kappa shape index (κ1) is 21.5. The predicted molar refractivity (Wildman–Crippen MR) is 123 cm³/mol. The average molecular weight is 429 g/mol. The Bertz CT molecular complexity index is 1150. The molecule has 5 heteroatoms. The summed E-state index contributed by atoms with van der Waals surface area (Å²) in [6, 6.07) is 23.3. The number of benzene rings is 3. The molecule has 4 nitrogen and oxygen atoms in total. The summed E-state index contributed by atoms with van der Waals surface area (Å²) in [5, 5.41) is 0. The minimum Gasteiger partial charge on any atom is -0.362 e. The van der Waals surface area contributed by atoms with Crippen LogP contribution < -0.4 is 0 Å². The SMILES string of the molecule is CCN(Cc1ccccc1)C1=C(c2ccc(F)cc2)C(=O)N(Cc2ccc(C)cc2)C1=O. The highest BCUT2D eigenvalue weighted by Crippen LogP contribution is 2.33. The molecule has 3 aromatic rings. The minimum atomic E-state index is -0.388. The Balaban J connectivity index is 1.75. The molecule has 1 aliphatic rings. The topological polar surface area (TPSA) is 40.6 Å².